The third-order valence-electron chi connectivity index (χ3n) is 8.34. The zero-order chi connectivity index (χ0) is 36.9. The Labute approximate surface area is 293 Å². The van der Waals surface area contributed by atoms with Crippen LogP contribution in [0, 0.1) is 5.92 Å². The van der Waals surface area contributed by atoms with Gasteiger partial charge in [-0.15, -0.1) is 0 Å². The molecular formula is C36H45N2O10S2+. The van der Waals surface area contributed by atoms with Gasteiger partial charge in [-0.25, -0.2) is 4.58 Å². The molecule has 50 heavy (non-hydrogen) atoms. The second-order valence-electron chi connectivity index (χ2n) is 13.1. The summed E-state index contributed by atoms with van der Waals surface area (Å²) < 4.78 is 77.4. The van der Waals surface area contributed by atoms with Crippen molar-refractivity contribution in [3.63, 3.8) is 0 Å². The van der Waals surface area contributed by atoms with Crippen molar-refractivity contribution in [1.82, 2.24) is 4.58 Å². The first-order chi connectivity index (χ1) is 23.4. The summed E-state index contributed by atoms with van der Waals surface area (Å²) in [4.78, 5) is 28.2. The second kappa shape index (κ2) is 15.8. The summed E-state index contributed by atoms with van der Waals surface area (Å²) in [5.41, 5.74) is 2.38. The molecule has 0 bridgehead atoms. The van der Waals surface area contributed by atoms with E-state index in [-0.39, 0.29) is 42.9 Å². The molecule has 1 atom stereocenters. The minimum absolute atomic E-state index is 0.0855. The summed E-state index contributed by atoms with van der Waals surface area (Å²) in [6.07, 6.45) is 6.88. The molecule has 0 amide bonds. The van der Waals surface area contributed by atoms with Crippen LogP contribution in [0.1, 0.15) is 69.1 Å². The van der Waals surface area contributed by atoms with E-state index in [1.54, 1.807) is 41.0 Å². The van der Waals surface area contributed by atoms with E-state index >= 15 is 0 Å². The van der Waals surface area contributed by atoms with Gasteiger partial charge in [-0.2, -0.15) is 16.8 Å². The highest BCUT2D eigenvalue weighted by Gasteiger charge is 2.35. The van der Waals surface area contributed by atoms with Crippen LogP contribution >= 0.6 is 0 Å². The van der Waals surface area contributed by atoms with Crippen LogP contribution in [0.2, 0.25) is 0 Å². The van der Waals surface area contributed by atoms with Crippen molar-refractivity contribution in [1.29, 1.82) is 0 Å². The number of ether oxygens (including phenoxy) is 1. The van der Waals surface area contributed by atoms with Crippen LogP contribution in [0.25, 0.3) is 17.4 Å². The third-order valence-corrected chi connectivity index (χ3v) is 9.95. The van der Waals surface area contributed by atoms with Crippen molar-refractivity contribution in [2.75, 3.05) is 42.6 Å². The minimum Gasteiger partial charge on any atom is -0.460 e. The molecule has 2 aliphatic heterocycles. The van der Waals surface area contributed by atoms with Crippen molar-refractivity contribution < 1.29 is 44.7 Å². The Morgan fingerprint density at radius 2 is 1.48 bits per heavy atom. The first kappa shape index (κ1) is 38.7. The van der Waals surface area contributed by atoms with Crippen molar-refractivity contribution in [2.45, 2.75) is 52.9 Å². The van der Waals surface area contributed by atoms with Crippen molar-refractivity contribution in [3.05, 3.63) is 82.9 Å². The molecule has 0 saturated heterocycles. The number of Topliss-reactive ketones (excluding diaryl/α,β-unsaturated/α-hetero) is 1. The average Bonchev–Trinajstić information content (AvgIpc) is 3.02. The zero-order valence-corrected chi connectivity index (χ0v) is 30.6. The molecule has 14 heteroatoms. The van der Waals surface area contributed by atoms with E-state index in [2.05, 4.69) is 4.90 Å². The lowest BCUT2D eigenvalue weighted by Crippen LogP contribution is -2.33. The summed E-state index contributed by atoms with van der Waals surface area (Å²) in [5.74, 6) is -1.57. The van der Waals surface area contributed by atoms with Gasteiger partial charge in [0.05, 0.1) is 23.1 Å². The van der Waals surface area contributed by atoms with E-state index < -0.39 is 43.6 Å². The van der Waals surface area contributed by atoms with E-state index in [1.165, 1.54) is 6.08 Å². The molecule has 0 radical (unpaired) electrons. The van der Waals surface area contributed by atoms with E-state index in [4.69, 9.17) is 9.15 Å². The van der Waals surface area contributed by atoms with Gasteiger partial charge in [0.25, 0.3) is 20.2 Å². The quantitative estimate of drug-likeness (QED) is 0.0581. The highest BCUT2D eigenvalue weighted by atomic mass is 32.2. The number of benzene rings is 2. The lowest BCUT2D eigenvalue weighted by Gasteiger charge is -2.25. The van der Waals surface area contributed by atoms with Crippen LogP contribution in [0.5, 0.6) is 5.75 Å². The monoisotopic (exact) mass is 729 g/mol. The summed E-state index contributed by atoms with van der Waals surface area (Å²) in [6.45, 7) is 12.0. The second-order valence-corrected chi connectivity index (χ2v) is 16.3. The number of hydrogen-bond acceptors (Lipinski definition) is 9. The summed E-state index contributed by atoms with van der Waals surface area (Å²) in [5, 5.41) is 0.631. The van der Waals surface area contributed by atoms with Gasteiger partial charge in [0, 0.05) is 54.7 Å². The lowest BCUT2D eigenvalue weighted by atomic mass is 9.90. The van der Waals surface area contributed by atoms with Gasteiger partial charge in [0.2, 0.25) is 5.36 Å². The number of fused-ring (bicyclic) bond motifs is 2. The van der Waals surface area contributed by atoms with Crippen LogP contribution in [0.3, 0.4) is 0 Å². The molecule has 4 rings (SSSR count). The Bertz CT molecular complexity index is 2010. The molecular weight excluding hydrogens is 685 g/mol. The molecule has 0 saturated carbocycles. The Balaban J connectivity index is 1.66. The zero-order valence-electron chi connectivity index (χ0n) is 29.0. The number of carbonyl (C=O) groups excluding carboxylic acids is 2. The number of allylic oxidation sites excluding steroid dienone is 2. The molecule has 3 aliphatic rings. The lowest BCUT2D eigenvalue weighted by molar-refractivity contribution is -0.136. The first-order valence-corrected chi connectivity index (χ1v) is 19.7. The predicted molar refractivity (Wildman–Crippen MR) is 193 cm³/mol. The molecule has 12 nitrogen and oxygen atoms in total. The number of carbonyl (C=O) groups is 2. The van der Waals surface area contributed by atoms with E-state index in [9.17, 15) is 35.5 Å². The van der Waals surface area contributed by atoms with Gasteiger partial charge >= 0.3 is 5.97 Å². The smallest absolute Gasteiger partial charge is 0.326 e. The van der Waals surface area contributed by atoms with E-state index in [1.807, 2.05) is 58.9 Å². The number of esters is 1. The highest BCUT2D eigenvalue weighted by Crippen LogP contribution is 2.34. The number of ketones is 1. The first-order valence-electron chi connectivity index (χ1n) is 16.5. The van der Waals surface area contributed by atoms with Crippen molar-refractivity contribution >= 4 is 43.8 Å². The van der Waals surface area contributed by atoms with E-state index in [0.29, 0.717) is 22.4 Å². The molecule has 1 aliphatic carbocycles. The number of rotatable bonds is 14. The fourth-order valence-electron chi connectivity index (χ4n) is 5.68. The van der Waals surface area contributed by atoms with Gasteiger partial charge in [0.15, 0.2) is 5.78 Å². The normalized spacial score (nSPS) is 15.5. The fraction of sp³-hybridized carbons (Fsp3) is 0.417. The van der Waals surface area contributed by atoms with Gasteiger partial charge in [-0.1, -0.05) is 45.1 Å². The predicted octanol–water partition coefficient (Wildman–Crippen LogP) is 4.84. The molecule has 1 aromatic carbocycles. The Hall–Kier alpha value is -4.11. The third kappa shape index (κ3) is 10.2. The molecule has 1 aromatic rings. The molecule has 0 fully saturated rings. The van der Waals surface area contributed by atoms with E-state index in [0.717, 1.165) is 29.9 Å². The SMILES string of the molecule is CCN(CC)c1ccc2c(c1)OC(=O)C(/C=C/C=C/c1cc(C(C)(C)C)oc3cc(=[N+](CCCS(=O)(=O)O)CCCS(=O)(=O)O)ccc1-3)C2=O. The summed E-state index contributed by atoms with van der Waals surface area (Å²) in [7, 11) is -8.38. The Morgan fingerprint density at radius 1 is 0.860 bits per heavy atom. The molecule has 0 aromatic heterocycles. The molecule has 2 N–H and O–H groups in total. The number of hydrogen-bond donors (Lipinski definition) is 2. The van der Waals surface area contributed by atoms with Gasteiger partial charge in [0.1, 0.15) is 36.3 Å². The summed E-state index contributed by atoms with van der Waals surface area (Å²) >= 11 is 0. The summed E-state index contributed by atoms with van der Waals surface area (Å²) in [6, 6.07) is 12.6. The Kier molecular flexibility index (Phi) is 12.3. The maximum atomic E-state index is 13.3. The molecule has 1 unspecified atom stereocenters. The minimum atomic E-state index is -4.19. The maximum Gasteiger partial charge on any atom is 0.326 e. The fourth-order valence-corrected chi connectivity index (χ4v) is 6.67. The van der Waals surface area contributed by atoms with Crippen molar-refractivity contribution in [3.8, 4) is 17.1 Å². The number of anilines is 1. The van der Waals surface area contributed by atoms with Crippen molar-refractivity contribution in [2.24, 2.45) is 5.92 Å². The largest absolute Gasteiger partial charge is 0.460 e. The van der Waals surface area contributed by atoms with Crippen LogP contribution in [-0.4, -0.2) is 75.4 Å². The molecule has 270 valence electrons. The van der Waals surface area contributed by atoms with Gasteiger partial charge < -0.3 is 14.1 Å². The van der Waals surface area contributed by atoms with Gasteiger partial charge in [-0.05, 0) is 43.7 Å². The van der Waals surface area contributed by atoms with Crippen LogP contribution < -0.4 is 19.6 Å². The van der Waals surface area contributed by atoms with Crippen LogP contribution in [0.15, 0.2) is 65.1 Å². The average molecular weight is 730 g/mol. The maximum absolute atomic E-state index is 13.3. The van der Waals surface area contributed by atoms with Crippen LogP contribution in [0.4, 0.5) is 5.69 Å². The van der Waals surface area contributed by atoms with Crippen LogP contribution in [-0.2, 0) is 30.4 Å². The van der Waals surface area contributed by atoms with Gasteiger partial charge in [-0.3, -0.25) is 18.7 Å². The standard InChI is InChI=1S/C36H44N2O10S2/c1-6-37(7-2)26-15-17-29-32(23-26)48-35(40)30(34(29)39)13-9-8-12-25-22-33(36(3,4)5)47-31-24-27(14-16-28(25)31)38(18-10-20-49(41,42)43)19-11-21-50(44,45)46/h8-9,12-17,22-24,30H,6-7,10-11,18-21H2,1-5H3,(H-,41,42,43,44,45,46)/p+1/b12-8+,13-9+. The highest BCUT2D eigenvalue weighted by molar-refractivity contribution is 7.86. The topological polar surface area (TPSA) is 171 Å². The molecule has 2 heterocycles. The Morgan fingerprint density at radius 3 is 2.06 bits per heavy atom. The molecule has 0 spiro atoms. The number of nitrogens with zero attached hydrogens (tertiary/aromatic N) is 2.